The first-order chi connectivity index (χ1) is 27.2. The molecule has 326 valence electrons. The van der Waals surface area contributed by atoms with Gasteiger partial charge in [-0.25, -0.2) is 4.57 Å². The molecule has 0 saturated carbocycles. The SMILES string of the molecule is CCCCC/C=C\C/C=C\CCCCCCCCCC(=O)O[C@H](COC(=O)CCCCCCC/C=C\CC1OC1CCCCC)COP(=O)(O)OC[C@@H](O)CO. The van der Waals surface area contributed by atoms with Crippen molar-refractivity contribution in [1.29, 1.82) is 0 Å². The van der Waals surface area contributed by atoms with Crippen molar-refractivity contribution < 1.29 is 52.5 Å². The molecule has 1 aliphatic rings. The summed E-state index contributed by atoms with van der Waals surface area (Å²) in [6.07, 6.45) is 38.4. The Bertz CT molecular complexity index is 1090. The van der Waals surface area contributed by atoms with Crippen molar-refractivity contribution >= 4 is 19.8 Å². The fraction of sp³-hybridized carbons (Fsp3) is 0.818. The average molecular weight is 815 g/mol. The Hall–Kier alpha value is -1.85. The molecule has 12 heteroatoms. The number of aliphatic hydroxyl groups excluding tert-OH is 2. The molecular weight excluding hydrogens is 735 g/mol. The van der Waals surface area contributed by atoms with Crippen LogP contribution in [0.5, 0.6) is 0 Å². The number of epoxide rings is 1. The van der Waals surface area contributed by atoms with Gasteiger partial charge in [0.2, 0.25) is 0 Å². The Kier molecular flexibility index (Phi) is 33.8. The Balaban J connectivity index is 2.25. The molecule has 0 aliphatic carbocycles. The van der Waals surface area contributed by atoms with Gasteiger partial charge in [-0.3, -0.25) is 18.6 Å². The third kappa shape index (κ3) is 33.2. The zero-order chi connectivity index (χ0) is 41.0. The maximum absolute atomic E-state index is 12.6. The van der Waals surface area contributed by atoms with Crippen LogP contribution in [0.25, 0.3) is 0 Å². The average Bonchev–Trinajstić information content (AvgIpc) is 3.94. The number of unbranched alkanes of at least 4 members (excludes halogenated alkanes) is 17. The number of hydrogen-bond acceptors (Lipinski definition) is 10. The molecule has 3 N–H and O–H groups in total. The Morgan fingerprint density at radius 3 is 1.77 bits per heavy atom. The highest BCUT2D eigenvalue weighted by Crippen LogP contribution is 2.43. The summed E-state index contributed by atoms with van der Waals surface area (Å²) in [6, 6.07) is 0. The van der Waals surface area contributed by atoms with Crippen molar-refractivity contribution in [1.82, 2.24) is 0 Å². The van der Waals surface area contributed by atoms with Crippen LogP contribution in [0.2, 0.25) is 0 Å². The second kappa shape index (κ2) is 36.2. The quantitative estimate of drug-likeness (QED) is 0.0177. The van der Waals surface area contributed by atoms with Gasteiger partial charge in [0, 0.05) is 12.8 Å². The first-order valence-corrected chi connectivity index (χ1v) is 23.6. The third-order valence-corrected chi connectivity index (χ3v) is 10.6. The van der Waals surface area contributed by atoms with Crippen LogP contribution >= 0.6 is 7.82 Å². The summed E-state index contributed by atoms with van der Waals surface area (Å²) in [5, 5.41) is 18.3. The van der Waals surface area contributed by atoms with Crippen molar-refractivity contribution in [3.8, 4) is 0 Å². The van der Waals surface area contributed by atoms with E-state index in [1.165, 1.54) is 64.2 Å². The molecule has 0 spiro atoms. The van der Waals surface area contributed by atoms with Crippen LogP contribution in [0, 0.1) is 0 Å². The predicted octanol–water partition coefficient (Wildman–Crippen LogP) is 10.5. The van der Waals surface area contributed by atoms with Crippen LogP contribution in [0.4, 0.5) is 0 Å². The fourth-order valence-corrected chi connectivity index (χ4v) is 6.94. The van der Waals surface area contributed by atoms with Crippen LogP contribution in [-0.4, -0.2) is 77.9 Å². The van der Waals surface area contributed by atoms with E-state index < -0.39 is 51.8 Å². The molecule has 1 aliphatic heterocycles. The largest absolute Gasteiger partial charge is 0.472 e. The van der Waals surface area contributed by atoms with E-state index in [2.05, 4.69) is 54.8 Å². The lowest BCUT2D eigenvalue weighted by atomic mass is 10.1. The van der Waals surface area contributed by atoms with E-state index in [0.29, 0.717) is 25.0 Å². The highest BCUT2D eigenvalue weighted by Gasteiger charge is 2.36. The number of phosphoric acid groups is 1. The first-order valence-electron chi connectivity index (χ1n) is 22.1. The zero-order valence-corrected chi connectivity index (χ0v) is 35.9. The lowest BCUT2D eigenvalue weighted by molar-refractivity contribution is -0.161. The number of aliphatic hydroxyl groups is 2. The van der Waals surface area contributed by atoms with Gasteiger partial charge in [-0.2, -0.15) is 0 Å². The molecule has 0 amide bonds. The minimum atomic E-state index is -4.63. The molecule has 11 nitrogen and oxygen atoms in total. The number of hydrogen-bond donors (Lipinski definition) is 3. The number of rotatable bonds is 40. The first kappa shape index (κ1) is 52.2. The minimum absolute atomic E-state index is 0.169. The van der Waals surface area contributed by atoms with Crippen LogP contribution in [0.1, 0.15) is 181 Å². The molecule has 3 unspecified atom stereocenters. The Morgan fingerprint density at radius 1 is 0.643 bits per heavy atom. The lowest BCUT2D eigenvalue weighted by Gasteiger charge is -2.20. The van der Waals surface area contributed by atoms with Crippen molar-refractivity contribution in [3.63, 3.8) is 0 Å². The number of carbonyl (C=O) groups excluding carboxylic acids is 2. The number of allylic oxidation sites excluding steroid dienone is 5. The number of ether oxygens (including phenoxy) is 3. The summed E-state index contributed by atoms with van der Waals surface area (Å²) in [6.45, 7) is 2.29. The summed E-state index contributed by atoms with van der Waals surface area (Å²) in [5.41, 5.74) is 0. The van der Waals surface area contributed by atoms with Crippen molar-refractivity contribution in [3.05, 3.63) is 36.5 Å². The molecule has 0 radical (unpaired) electrons. The van der Waals surface area contributed by atoms with Gasteiger partial charge in [0.05, 0.1) is 32.0 Å². The molecule has 1 saturated heterocycles. The van der Waals surface area contributed by atoms with E-state index in [4.69, 9.17) is 23.8 Å². The van der Waals surface area contributed by atoms with Gasteiger partial charge in [0.1, 0.15) is 12.7 Å². The van der Waals surface area contributed by atoms with Gasteiger partial charge in [0.15, 0.2) is 6.10 Å². The maximum Gasteiger partial charge on any atom is 0.472 e. The van der Waals surface area contributed by atoms with Crippen LogP contribution in [0.15, 0.2) is 36.5 Å². The van der Waals surface area contributed by atoms with Gasteiger partial charge in [-0.1, -0.05) is 134 Å². The molecule has 5 atom stereocenters. The minimum Gasteiger partial charge on any atom is -0.462 e. The summed E-state index contributed by atoms with van der Waals surface area (Å²) in [4.78, 5) is 35.0. The summed E-state index contributed by atoms with van der Waals surface area (Å²) in [5.74, 6) is -0.955. The molecule has 56 heavy (non-hydrogen) atoms. The van der Waals surface area contributed by atoms with Crippen molar-refractivity contribution in [2.75, 3.05) is 26.4 Å². The van der Waals surface area contributed by atoms with E-state index in [0.717, 1.165) is 77.0 Å². The summed E-state index contributed by atoms with van der Waals surface area (Å²) >= 11 is 0. The van der Waals surface area contributed by atoms with Crippen LogP contribution < -0.4 is 0 Å². The molecule has 1 fully saturated rings. The number of carbonyl (C=O) groups is 2. The fourth-order valence-electron chi connectivity index (χ4n) is 6.15. The molecule has 1 heterocycles. The zero-order valence-electron chi connectivity index (χ0n) is 35.0. The third-order valence-electron chi connectivity index (χ3n) is 9.69. The number of esters is 2. The number of phosphoric ester groups is 1. The normalized spacial score (nSPS) is 17.8. The molecule has 1 rings (SSSR count). The molecule has 0 aromatic carbocycles. The van der Waals surface area contributed by atoms with Gasteiger partial charge >= 0.3 is 19.8 Å². The van der Waals surface area contributed by atoms with E-state index in [-0.39, 0.29) is 19.4 Å². The standard InChI is InChI=1S/C44H79O11P/c1-3-5-7-8-9-10-11-12-13-14-15-16-17-18-23-26-30-34-44(48)54-40(38-53-56(49,50)52-36-39(46)35-45)37-51-43(47)33-29-25-22-20-19-21-24-28-32-42-41(55-42)31-27-6-4-2/h9-10,12-13,24,28,39-42,45-46H,3-8,11,14-23,25-27,29-38H2,1-2H3,(H,49,50)/b10-9-,13-12-,28-24-/t39-,40+,41?,42?/m0/s1. The molecule has 0 aromatic rings. The smallest absolute Gasteiger partial charge is 0.462 e. The van der Waals surface area contributed by atoms with E-state index in [1.807, 2.05) is 0 Å². The predicted molar refractivity (Wildman–Crippen MR) is 223 cm³/mol. The molecular formula is C44H79O11P. The molecule has 0 bridgehead atoms. The second-order valence-electron chi connectivity index (χ2n) is 15.1. The maximum atomic E-state index is 12.6. The van der Waals surface area contributed by atoms with Gasteiger partial charge < -0.3 is 29.3 Å². The molecule has 0 aromatic heterocycles. The van der Waals surface area contributed by atoms with Crippen molar-refractivity contribution in [2.45, 2.75) is 205 Å². The second-order valence-corrected chi connectivity index (χ2v) is 16.6. The van der Waals surface area contributed by atoms with Crippen LogP contribution in [-0.2, 0) is 37.4 Å². The van der Waals surface area contributed by atoms with E-state index in [1.54, 1.807) is 0 Å². The van der Waals surface area contributed by atoms with Crippen molar-refractivity contribution in [2.24, 2.45) is 0 Å². The highest BCUT2D eigenvalue weighted by molar-refractivity contribution is 7.47. The van der Waals surface area contributed by atoms with E-state index >= 15 is 0 Å². The highest BCUT2D eigenvalue weighted by atomic mass is 31.2. The lowest BCUT2D eigenvalue weighted by Crippen LogP contribution is -2.29. The summed E-state index contributed by atoms with van der Waals surface area (Å²) < 4.78 is 38.5. The Morgan fingerprint density at radius 2 is 1.16 bits per heavy atom. The van der Waals surface area contributed by atoms with Gasteiger partial charge in [0.25, 0.3) is 0 Å². The monoisotopic (exact) mass is 815 g/mol. The van der Waals surface area contributed by atoms with Crippen LogP contribution in [0.3, 0.4) is 0 Å². The topological polar surface area (TPSA) is 161 Å². The van der Waals surface area contributed by atoms with Gasteiger partial charge in [-0.15, -0.1) is 0 Å². The Labute approximate surface area is 339 Å². The van der Waals surface area contributed by atoms with Gasteiger partial charge in [-0.05, 0) is 70.6 Å². The summed E-state index contributed by atoms with van der Waals surface area (Å²) in [7, 11) is -4.63. The van der Waals surface area contributed by atoms with E-state index in [9.17, 15) is 24.2 Å².